The Morgan fingerprint density at radius 3 is 2.38 bits per heavy atom. The molecule has 0 aromatic rings. The van der Waals surface area contributed by atoms with Gasteiger partial charge in [-0.3, -0.25) is 0 Å². The van der Waals surface area contributed by atoms with Crippen molar-refractivity contribution in [1.29, 1.82) is 0 Å². The van der Waals surface area contributed by atoms with Crippen molar-refractivity contribution in [1.82, 2.24) is 5.32 Å². The van der Waals surface area contributed by atoms with Crippen LogP contribution in [-0.2, 0) is 0 Å². The predicted octanol–water partition coefficient (Wildman–Crippen LogP) is 1.35. The highest BCUT2D eigenvalue weighted by Crippen LogP contribution is 1.98. The molecule has 8 heavy (non-hydrogen) atoms. The Kier molecular flexibility index (Phi) is 5.66. The molecule has 0 saturated carbocycles. The second-order valence-electron chi connectivity index (χ2n) is 1.85. The van der Waals surface area contributed by atoms with E-state index >= 15 is 0 Å². The number of nitrogens with one attached hydrogen (secondary N) is 1. The van der Waals surface area contributed by atoms with Gasteiger partial charge in [-0.25, -0.2) is 0 Å². The fourth-order valence-electron chi connectivity index (χ4n) is 0.606. The minimum atomic E-state index is 0.713. The normalized spacial score (nSPS) is 13.9. The fraction of sp³-hybridized carbons (Fsp3) is 1.00. The Labute approximate surface area is 56.2 Å². The smallest absolute Gasteiger partial charge is 0.0152 e. The van der Waals surface area contributed by atoms with Gasteiger partial charge in [0.1, 0.15) is 0 Å². The third-order valence-corrected chi connectivity index (χ3v) is 2.00. The van der Waals surface area contributed by atoms with Crippen molar-refractivity contribution >= 4 is 11.8 Å². The molecule has 0 fully saturated rings. The molecule has 0 heterocycles. The summed E-state index contributed by atoms with van der Waals surface area (Å²) in [5.74, 6) is 1.23. The molecular weight excluding hydrogens is 118 g/mol. The lowest BCUT2D eigenvalue weighted by molar-refractivity contribution is 0.602. The van der Waals surface area contributed by atoms with E-state index in [-0.39, 0.29) is 0 Å². The molecule has 0 spiro atoms. The second-order valence-corrected chi connectivity index (χ2v) is 2.76. The van der Waals surface area contributed by atoms with E-state index < -0.39 is 0 Å². The molecule has 0 saturated heterocycles. The van der Waals surface area contributed by atoms with Gasteiger partial charge in [-0.15, -0.1) is 0 Å². The lowest BCUT2D eigenvalue weighted by Crippen LogP contribution is -2.26. The first kappa shape index (κ1) is 8.31. The number of hydrogen-bond acceptors (Lipinski definition) is 2. The van der Waals surface area contributed by atoms with E-state index in [1.807, 2.05) is 18.8 Å². The summed E-state index contributed by atoms with van der Waals surface area (Å²) in [6, 6.07) is 0.713. The lowest BCUT2D eigenvalue weighted by Gasteiger charge is -2.10. The number of rotatable bonds is 4. The van der Waals surface area contributed by atoms with Crippen LogP contribution in [-0.4, -0.2) is 25.1 Å². The highest BCUT2D eigenvalue weighted by molar-refractivity contribution is 7.98. The van der Waals surface area contributed by atoms with E-state index in [1.54, 1.807) is 0 Å². The quantitative estimate of drug-likeness (QED) is 0.621. The molecule has 2 heteroatoms. The molecule has 0 aliphatic carbocycles. The summed E-state index contributed by atoms with van der Waals surface area (Å²) in [6.07, 6.45) is 3.37. The van der Waals surface area contributed by atoms with Crippen molar-refractivity contribution < 1.29 is 0 Å². The van der Waals surface area contributed by atoms with E-state index in [4.69, 9.17) is 0 Å². The first-order chi connectivity index (χ1) is 3.85. The Balaban J connectivity index is 3.07. The van der Waals surface area contributed by atoms with Gasteiger partial charge in [0, 0.05) is 11.8 Å². The monoisotopic (exact) mass is 133 g/mol. The minimum absolute atomic E-state index is 0.713. The fourth-order valence-corrected chi connectivity index (χ4v) is 1.41. The van der Waals surface area contributed by atoms with Crippen molar-refractivity contribution in [2.75, 3.05) is 19.1 Å². The van der Waals surface area contributed by atoms with E-state index in [0.29, 0.717) is 6.04 Å². The average Bonchev–Trinajstić information content (AvgIpc) is 1.83. The van der Waals surface area contributed by atoms with Crippen LogP contribution in [0.15, 0.2) is 0 Å². The summed E-state index contributed by atoms with van der Waals surface area (Å²) in [5.41, 5.74) is 0. The molecular formula is C6H15NS. The minimum Gasteiger partial charge on any atom is -0.316 e. The van der Waals surface area contributed by atoms with Gasteiger partial charge in [0.25, 0.3) is 0 Å². The first-order valence-corrected chi connectivity index (χ1v) is 4.40. The SMILES string of the molecule is CCC(CSC)NC. The largest absolute Gasteiger partial charge is 0.316 e. The molecule has 0 aromatic heterocycles. The maximum atomic E-state index is 3.23. The molecule has 1 N–H and O–H groups in total. The molecule has 0 amide bonds. The number of hydrogen-bond donors (Lipinski definition) is 1. The van der Waals surface area contributed by atoms with Crippen LogP contribution in [0.5, 0.6) is 0 Å². The maximum absolute atomic E-state index is 3.23. The van der Waals surface area contributed by atoms with E-state index in [9.17, 15) is 0 Å². The molecule has 1 nitrogen and oxygen atoms in total. The highest BCUT2D eigenvalue weighted by atomic mass is 32.2. The van der Waals surface area contributed by atoms with Gasteiger partial charge in [-0.2, -0.15) is 11.8 Å². The zero-order valence-electron chi connectivity index (χ0n) is 5.90. The topological polar surface area (TPSA) is 12.0 Å². The Hall–Kier alpha value is 0.310. The zero-order chi connectivity index (χ0) is 6.41. The summed E-state index contributed by atoms with van der Waals surface area (Å²) < 4.78 is 0. The van der Waals surface area contributed by atoms with Crippen LogP contribution in [0.4, 0.5) is 0 Å². The Bertz CT molecular complexity index is 43.8. The summed E-state index contributed by atoms with van der Waals surface area (Å²) in [5, 5.41) is 3.23. The standard InChI is InChI=1S/C6H15NS/c1-4-6(7-2)5-8-3/h6-7H,4-5H2,1-3H3. The van der Waals surface area contributed by atoms with Gasteiger partial charge in [0.2, 0.25) is 0 Å². The zero-order valence-corrected chi connectivity index (χ0v) is 6.72. The van der Waals surface area contributed by atoms with Gasteiger partial charge in [-0.05, 0) is 19.7 Å². The van der Waals surface area contributed by atoms with Crippen LogP contribution < -0.4 is 5.32 Å². The molecule has 0 rings (SSSR count). The number of thioether (sulfide) groups is 1. The molecule has 0 aromatic carbocycles. The van der Waals surface area contributed by atoms with Crippen molar-refractivity contribution in [3.05, 3.63) is 0 Å². The van der Waals surface area contributed by atoms with Gasteiger partial charge >= 0.3 is 0 Å². The van der Waals surface area contributed by atoms with E-state index in [1.165, 1.54) is 12.2 Å². The van der Waals surface area contributed by atoms with Crippen molar-refractivity contribution in [3.63, 3.8) is 0 Å². The van der Waals surface area contributed by atoms with Crippen LogP contribution >= 0.6 is 11.8 Å². The first-order valence-electron chi connectivity index (χ1n) is 3.01. The van der Waals surface area contributed by atoms with Crippen molar-refractivity contribution in [2.45, 2.75) is 19.4 Å². The Morgan fingerprint density at radius 1 is 1.62 bits per heavy atom. The molecule has 0 aliphatic rings. The molecule has 50 valence electrons. The predicted molar refractivity (Wildman–Crippen MR) is 41.5 cm³/mol. The molecule has 1 atom stereocenters. The second kappa shape index (κ2) is 5.45. The van der Waals surface area contributed by atoms with E-state index in [2.05, 4.69) is 18.5 Å². The third kappa shape index (κ3) is 3.33. The molecule has 1 unspecified atom stereocenters. The summed E-state index contributed by atoms with van der Waals surface area (Å²) in [4.78, 5) is 0. The molecule has 0 bridgehead atoms. The maximum Gasteiger partial charge on any atom is 0.0152 e. The highest BCUT2D eigenvalue weighted by Gasteiger charge is 1.98. The van der Waals surface area contributed by atoms with Gasteiger partial charge < -0.3 is 5.32 Å². The third-order valence-electron chi connectivity index (χ3n) is 1.27. The van der Waals surface area contributed by atoms with Crippen LogP contribution in [0.3, 0.4) is 0 Å². The van der Waals surface area contributed by atoms with E-state index in [0.717, 1.165) is 0 Å². The molecule has 0 radical (unpaired) electrons. The Morgan fingerprint density at radius 2 is 2.25 bits per heavy atom. The summed E-state index contributed by atoms with van der Waals surface area (Å²) in [7, 11) is 2.02. The average molecular weight is 133 g/mol. The molecule has 0 aliphatic heterocycles. The van der Waals surface area contributed by atoms with Gasteiger partial charge in [0.05, 0.1) is 0 Å². The summed E-state index contributed by atoms with van der Waals surface area (Å²) >= 11 is 1.90. The van der Waals surface area contributed by atoms with Gasteiger partial charge in [0.15, 0.2) is 0 Å². The van der Waals surface area contributed by atoms with Crippen molar-refractivity contribution in [2.24, 2.45) is 0 Å². The van der Waals surface area contributed by atoms with Crippen LogP contribution in [0, 0.1) is 0 Å². The lowest BCUT2D eigenvalue weighted by atomic mass is 10.3. The van der Waals surface area contributed by atoms with Crippen LogP contribution in [0.1, 0.15) is 13.3 Å². The van der Waals surface area contributed by atoms with Crippen molar-refractivity contribution in [3.8, 4) is 0 Å². The van der Waals surface area contributed by atoms with Crippen LogP contribution in [0.2, 0.25) is 0 Å². The van der Waals surface area contributed by atoms with Gasteiger partial charge in [-0.1, -0.05) is 6.92 Å². The summed E-state index contributed by atoms with van der Waals surface area (Å²) in [6.45, 7) is 2.21. The van der Waals surface area contributed by atoms with Crippen LogP contribution in [0.25, 0.3) is 0 Å².